The second kappa shape index (κ2) is 7.12. The molecule has 1 fully saturated rings. The van der Waals surface area contributed by atoms with Crippen LogP contribution in [0.2, 0.25) is 0 Å². The fourth-order valence-electron chi connectivity index (χ4n) is 2.26. The van der Waals surface area contributed by atoms with E-state index in [-0.39, 0.29) is 12.0 Å². The molecule has 9 nitrogen and oxygen atoms in total. The van der Waals surface area contributed by atoms with Crippen LogP contribution in [0.4, 0.5) is 4.79 Å². The van der Waals surface area contributed by atoms with E-state index in [1.165, 1.54) is 24.0 Å². The number of hydrogen-bond donors (Lipinski definition) is 1. The molecule has 2 rings (SSSR count). The molecule has 2 heterocycles. The fraction of sp³-hybridized carbons (Fsp3) is 0.571. The van der Waals surface area contributed by atoms with Crippen molar-refractivity contribution < 1.29 is 24.2 Å². The number of aliphatic carboxylic acids is 1. The molecule has 1 unspecified atom stereocenters. The third kappa shape index (κ3) is 3.79. The average molecular weight is 324 g/mol. The summed E-state index contributed by atoms with van der Waals surface area (Å²) in [4.78, 5) is 38.1. The van der Waals surface area contributed by atoms with Crippen molar-refractivity contribution in [2.24, 2.45) is 0 Å². The molecule has 1 aliphatic heterocycles. The first-order valence-electron chi connectivity index (χ1n) is 7.42. The Balaban J connectivity index is 1.95. The molecule has 23 heavy (non-hydrogen) atoms. The van der Waals surface area contributed by atoms with Crippen molar-refractivity contribution in [2.45, 2.75) is 19.9 Å². The molecule has 0 radical (unpaired) electrons. The van der Waals surface area contributed by atoms with Crippen molar-refractivity contribution in [1.29, 1.82) is 0 Å². The van der Waals surface area contributed by atoms with Gasteiger partial charge in [0.2, 0.25) is 0 Å². The van der Waals surface area contributed by atoms with E-state index in [1.807, 2.05) is 0 Å². The van der Waals surface area contributed by atoms with E-state index in [9.17, 15) is 14.4 Å². The van der Waals surface area contributed by atoms with Crippen LogP contribution < -0.4 is 0 Å². The predicted molar refractivity (Wildman–Crippen MR) is 79.1 cm³/mol. The minimum atomic E-state index is -1.02. The summed E-state index contributed by atoms with van der Waals surface area (Å²) in [5.74, 6) is -1.24. The number of aromatic nitrogens is 2. The molecule has 0 aromatic carbocycles. The van der Waals surface area contributed by atoms with E-state index < -0.39 is 12.0 Å². The number of carbonyl (C=O) groups is 3. The third-order valence-electron chi connectivity index (χ3n) is 3.70. The molecule has 1 N–H and O–H groups in total. The van der Waals surface area contributed by atoms with Gasteiger partial charge in [0.15, 0.2) is 0 Å². The zero-order chi connectivity index (χ0) is 17.0. The molecule has 2 amide bonds. The number of piperazine rings is 1. The van der Waals surface area contributed by atoms with Gasteiger partial charge in [-0.2, -0.15) is 5.10 Å². The molecule has 9 heteroatoms. The quantitative estimate of drug-likeness (QED) is 0.862. The van der Waals surface area contributed by atoms with E-state index in [1.54, 1.807) is 16.7 Å². The summed E-state index contributed by atoms with van der Waals surface area (Å²) in [7, 11) is 0. The highest BCUT2D eigenvalue weighted by molar-refractivity contribution is 5.94. The summed E-state index contributed by atoms with van der Waals surface area (Å²) in [5.41, 5.74) is 0.336. The standard InChI is InChI=1S/C14H20N4O5/c1-3-23-14(22)17-6-4-16(5-7-17)12(19)11-8-15-18(9-11)10(2)13(20)21/h8-10H,3-7H2,1-2H3,(H,20,21). The van der Waals surface area contributed by atoms with Crippen molar-refractivity contribution in [3.05, 3.63) is 18.0 Å². The Hall–Kier alpha value is -2.58. The topological polar surface area (TPSA) is 105 Å². The summed E-state index contributed by atoms with van der Waals surface area (Å²) >= 11 is 0. The Kier molecular flexibility index (Phi) is 5.20. The van der Waals surface area contributed by atoms with E-state index in [0.717, 1.165) is 0 Å². The molecule has 1 aromatic rings. The van der Waals surface area contributed by atoms with Crippen molar-refractivity contribution in [3.63, 3.8) is 0 Å². The number of nitrogens with zero attached hydrogens (tertiary/aromatic N) is 4. The maximum Gasteiger partial charge on any atom is 0.409 e. The highest BCUT2D eigenvalue weighted by atomic mass is 16.6. The number of carbonyl (C=O) groups excluding carboxylic acids is 2. The van der Waals surface area contributed by atoms with Gasteiger partial charge in [0.1, 0.15) is 6.04 Å². The van der Waals surface area contributed by atoms with Gasteiger partial charge in [0.25, 0.3) is 5.91 Å². The van der Waals surface area contributed by atoms with Crippen LogP contribution >= 0.6 is 0 Å². The first-order chi connectivity index (χ1) is 10.9. The van der Waals surface area contributed by atoms with Crippen LogP contribution in [0.25, 0.3) is 0 Å². The van der Waals surface area contributed by atoms with E-state index in [0.29, 0.717) is 38.3 Å². The zero-order valence-electron chi connectivity index (χ0n) is 13.1. The molecule has 1 atom stereocenters. The Morgan fingerprint density at radius 3 is 2.43 bits per heavy atom. The smallest absolute Gasteiger partial charge is 0.409 e. The lowest BCUT2D eigenvalue weighted by Crippen LogP contribution is -2.50. The largest absolute Gasteiger partial charge is 0.480 e. The maximum atomic E-state index is 12.4. The molecule has 1 aromatic heterocycles. The van der Waals surface area contributed by atoms with Crippen LogP contribution in [0.5, 0.6) is 0 Å². The monoisotopic (exact) mass is 324 g/mol. The summed E-state index contributed by atoms with van der Waals surface area (Å²) < 4.78 is 6.17. The van der Waals surface area contributed by atoms with Crippen LogP contribution in [0.3, 0.4) is 0 Å². The van der Waals surface area contributed by atoms with E-state index in [2.05, 4.69) is 5.10 Å². The second-order valence-corrected chi connectivity index (χ2v) is 5.20. The third-order valence-corrected chi connectivity index (χ3v) is 3.70. The average Bonchev–Trinajstić information content (AvgIpc) is 3.03. The van der Waals surface area contributed by atoms with Crippen molar-refractivity contribution >= 4 is 18.0 Å². The highest BCUT2D eigenvalue weighted by Gasteiger charge is 2.26. The highest BCUT2D eigenvalue weighted by Crippen LogP contribution is 2.12. The van der Waals surface area contributed by atoms with Gasteiger partial charge >= 0.3 is 12.1 Å². The summed E-state index contributed by atoms with van der Waals surface area (Å²) in [6, 6.07) is -0.836. The summed E-state index contributed by atoms with van der Waals surface area (Å²) in [6.07, 6.45) is 2.42. The molecular formula is C14H20N4O5. The first kappa shape index (κ1) is 16.8. The molecule has 0 spiro atoms. The van der Waals surface area contributed by atoms with Gasteiger partial charge in [-0.05, 0) is 13.8 Å². The lowest BCUT2D eigenvalue weighted by Gasteiger charge is -2.33. The molecule has 1 aliphatic rings. The van der Waals surface area contributed by atoms with Gasteiger partial charge in [-0.15, -0.1) is 0 Å². The lowest BCUT2D eigenvalue weighted by atomic mass is 10.2. The zero-order valence-corrected chi connectivity index (χ0v) is 13.1. The van der Waals surface area contributed by atoms with Gasteiger partial charge in [0.05, 0.1) is 18.4 Å². The predicted octanol–water partition coefficient (Wildman–Crippen LogP) is 0.443. The Labute approximate surface area is 133 Å². The van der Waals surface area contributed by atoms with Gasteiger partial charge in [-0.25, -0.2) is 9.59 Å². The normalized spacial score (nSPS) is 16.1. The molecule has 126 valence electrons. The molecule has 1 saturated heterocycles. The fourth-order valence-corrected chi connectivity index (χ4v) is 2.26. The minimum absolute atomic E-state index is 0.225. The Morgan fingerprint density at radius 1 is 1.26 bits per heavy atom. The number of rotatable bonds is 4. The van der Waals surface area contributed by atoms with Crippen molar-refractivity contribution in [3.8, 4) is 0 Å². The van der Waals surface area contributed by atoms with E-state index >= 15 is 0 Å². The lowest BCUT2D eigenvalue weighted by molar-refractivity contribution is -0.140. The summed E-state index contributed by atoms with van der Waals surface area (Å²) in [5, 5.41) is 12.9. The van der Waals surface area contributed by atoms with Gasteiger partial charge in [-0.1, -0.05) is 0 Å². The number of carboxylic acid groups (broad SMARTS) is 1. The van der Waals surface area contributed by atoms with Crippen LogP contribution in [0.15, 0.2) is 12.4 Å². The second-order valence-electron chi connectivity index (χ2n) is 5.20. The summed E-state index contributed by atoms with van der Waals surface area (Å²) in [6.45, 7) is 5.16. The van der Waals surface area contributed by atoms with Gasteiger partial charge in [-0.3, -0.25) is 9.48 Å². The van der Waals surface area contributed by atoms with E-state index in [4.69, 9.17) is 9.84 Å². The maximum absolute atomic E-state index is 12.4. The molecule has 0 aliphatic carbocycles. The van der Waals surface area contributed by atoms with Crippen LogP contribution in [-0.2, 0) is 9.53 Å². The van der Waals surface area contributed by atoms with Crippen LogP contribution in [0.1, 0.15) is 30.2 Å². The van der Waals surface area contributed by atoms with Gasteiger partial charge < -0.3 is 19.6 Å². The molecule has 0 saturated carbocycles. The number of hydrogen-bond acceptors (Lipinski definition) is 5. The van der Waals surface area contributed by atoms with Crippen molar-refractivity contribution in [2.75, 3.05) is 32.8 Å². The van der Waals surface area contributed by atoms with Crippen molar-refractivity contribution in [1.82, 2.24) is 19.6 Å². The first-order valence-corrected chi connectivity index (χ1v) is 7.42. The minimum Gasteiger partial charge on any atom is -0.480 e. The number of amides is 2. The molecular weight excluding hydrogens is 304 g/mol. The van der Waals surface area contributed by atoms with Crippen LogP contribution in [0, 0.1) is 0 Å². The number of ether oxygens (including phenoxy) is 1. The Morgan fingerprint density at radius 2 is 1.87 bits per heavy atom. The van der Waals surface area contributed by atoms with Crippen LogP contribution in [-0.4, -0.2) is 75.4 Å². The molecule has 0 bridgehead atoms. The Bertz CT molecular complexity index is 592. The van der Waals surface area contributed by atoms with Gasteiger partial charge in [0, 0.05) is 32.4 Å². The SMILES string of the molecule is CCOC(=O)N1CCN(C(=O)c2cnn(C(C)C(=O)O)c2)CC1. The number of carboxylic acids is 1.